The summed E-state index contributed by atoms with van der Waals surface area (Å²) in [5.41, 5.74) is -8.03. The lowest BCUT2D eigenvalue weighted by molar-refractivity contribution is -0.377. The molecule has 1 aliphatic rings. The largest absolute Gasteiger partial charge is 0.430 e. The third kappa shape index (κ3) is 4.19. The molecule has 1 saturated heterocycles. The van der Waals surface area contributed by atoms with Crippen molar-refractivity contribution in [2.75, 3.05) is 13.1 Å². The molecule has 0 bridgehead atoms. The highest BCUT2D eigenvalue weighted by molar-refractivity contribution is 7.92. The predicted molar refractivity (Wildman–Crippen MR) is 102 cm³/mol. The van der Waals surface area contributed by atoms with Crippen molar-refractivity contribution in [2.24, 2.45) is 0 Å². The van der Waals surface area contributed by atoms with Gasteiger partial charge >= 0.3 is 12.4 Å². The first kappa shape index (κ1) is 27.3. The molecule has 3 rings (SSSR count). The molecule has 2 aromatic carbocycles. The summed E-state index contributed by atoms with van der Waals surface area (Å²) in [5.74, 6) is -2.82. The van der Waals surface area contributed by atoms with Crippen molar-refractivity contribution in [1.82, 2.24) is 5.32 Å². The van der Waals surface area contributed by atoms with E-state index in [9.17, 15) is 48.6 Å². The summed E-state index contributed by atoms with van der Waals surface area (Å²) in [4.78, 5) is -0.367. The van der Waals surface area contributed by atoms with Gasteiger partial charge in [0.2, 0.25) is 0 Å². The number of alkyl halides is 6. The molecule has 0 spiro atoms. The van der Waals surface area contributed by atoms with Crippen LogP contribution >= 0.6 is 12.4 Å². The van der Waals surface area contributed by atoms with E-state index >= 15 is 0 Å². The standard InChI is InChI=1S/C19H15F8NO3S.ClH/c20-12-2-4-13(5-3-12)32(30,31)16(7-8-28-10-16)11-1-6-14(15(21)9-11)17(29,18(22,23)24)19(25,26)27;/h1-6,9,28-29H,7-8,10H2;1H/t16-;/m0./s1. The minimum absolute atomic E-state index is 0. The maximum atomic E-state index is 14.6. The monoisotopic (exact) mass is 525 g/mol. The van der Waals surface area contributed by atoms with Gasteiger partial charge < -0.3 is 10.4 Å². The van der Waals surface area contributed by atoms with Crippen LogP contribution in [0.25, 0.3) is 0 Å². The van der Waals surface area contributed by atoms with Crippen LogP contribution in [0.15, 0.2) is 47.4 Å². The van der Waals surface area contributed by atoms with Gasteiger partial charge in [-0.25, -0.2) is 17.2 Å². The van der Waals surface area contributed by atoms with Gasteiger partial charge in [-0.05, 0) is 48.9 Å². The Bertz CT molecular complexity index is 1100. The second kappa shape index (κ2) is 8.67. The van der Waals surface area contributed by atoms with Crippen molar-refractivity contribution in [3.63, 3.8) is 0 Å². The molecule has 1 aliphatic heterocycles. The molecule has 0 unspecified atom stereocenters. The number of halogens is 9. The van der Waals surface area contributed by atoms with Crippen molar-refractivity contribution >= 4 is 22.2 Å². The number of hydrogen-bond acceptors (Lipinski definition) is 4. The van der Waals surface area contributed by atoms with Crippen LogP contribution in [-0.4, -0.2) is 39.0 Å². The van der Waals surface area contributed by atoms with E-state index in [1.165, 1.54) is 0 Å². The first-order valence-electron chi connectivity index (χ1n) is 8.95. The lowest BCUT2D eigenvalue weighted by Crippen LogP contribution is -2.54. The molecule has 0 amide bonds. The van der Waals surface area contributed by atoms with Crippen LogP contribution in [0.4, 0.5) is 35.1 Å². The molecule has 1 heterocycles. The van der Waals surface area contributed by atoms with E-state index in [0.717, 1.165) is 24.3 Å². The first-order valence-corrected chi connectivity index (χ1v) is 10.4. The molecule has 0 radical (unpaired) electrons. The summed E-state index contributed by atoms with van der Waals surface area (Å²) in [5, 5.41) is 12.2. The predicted octanol–water partition coefficient (Wildman–Crippen LogP) is 4.36. The minimum Gasteiger partial charge on any atom is -0.369 e. The van der Waals surface area contributed by atoms with Gasteiger partial charge in [0.15, 0.2) is 9.84 Å². The Labute approximate surface area is 188 Å². The summed E-state index contributed by atoms with van der Waals surface area (Å²) < 4.78 is 131. The average molecular weight is 526 g/mol. The average Bonchev–Trinajstić information content (AvgIpc) is 3.17. The Balaban J connectivity index is 0.00000385. The third-order valence-electron chi connectivity index (χ3n) is 5.46. The van der Waals surface area contributed by atoms with Crippen molar-refractivity contribution in [3.05, 3.63) is 65.2 Å². The number of nitrogens with one attached hydrogen (secondary N) is 1. The molecule has 14 heteroatoms. The van der Waals surface area contributed by atoms with E-state index < -0.39 is 55.3 Å². The molecule has 2 N–H and O–H groups in total. The van der Waals surface area contributed by atoms with Gasteiger partial charge in [-0.3, -0.25) is 0 Å². The molecule has 0 aromatic heterocycles. The highest BCUT2D eigenvalue weighted by Crippen LogP contribution is 2.51. The molecule has 0 saturated carbocycles. The maximum Gasteiger partial charge on any atom is 0.430 e. The topological polar surface area (TPSA) is 66.4 Å². The molecular weight excluding hydrogens is 510 g/mol. The number of rotatable bonds is 4. The van der Waals surface area contributed by atoms with Crippen molar-refractivity contribution in [3.8, 4) is 0 Å². The quantitative estimate of drug-likeness (QED) is 0.460. The molecule has 1 atom stereocenters. The molecule has 0 aliphatic carbocycles. The second-order valence-electron chi connectivity index (χ2n) is 7.28. The zero-order valence-electron chi connectivity index (χ0n) is 16.3. The maximum absolute atomic E-state index is 14.6. The van der Waals surface area contributed by atoms with E-state index in [2.05, 4.69) is 5.32 Å². The highest BCUT2D eigenvalue weighted by atomic mass is 35.5. The number of sulfone groups is 1. The molecule has 184 valence electrons. The SMILES string of the molecule is Cl.O=S(=O)(c1ccc(F)cc1)[C@@]1(c2ccc(C(O)(C(F)(F)F)C(F)(F)F)c(F)c2)CCNC1. The summed E-state index contributed by atoms with van der Waals surface area (Å²) in [6.07, 6.45) is -12.8. The molecule has 4 nitrogen and oxygen atoms in total. The van der Waals surface area contributed by atoms with Crippen LogP contribution in [0.2, 0.25) is 0 Å². The van der Waals surface area contributed by atoms with E-state index in [1.54, 1.807) is 0 Å². The molecular formula is C19H16ClF8NO3S. The third-order valence-corrected chi connectivity index (χ3v) is 7.97. The van der Waals surface area contributed by atoms with Crippen molar-refractivity contribution < 1.29 is 48.6 Å². The van der Waals surface area contributed by atoms with Crippen molar-refractivity contribution in [1.29, 1.82) is 0 Å². The minimum atomic E-state index is -6.31. The van der Waals surface area contributed by atoms with Crippen LogP contribution in [0.3, 0.4) is 0 Å². The number of hydrogen-bond donors (Lipinski definition) is 2. The van der Waals surface area contributed by atoms with Gasteiger partial charge in [-0.2, -0.15) is 26.3 Å². The second-order valence-corrected chi connectivity index (χ2v) is 9.54. The summed E-state index contributed by atoms with van der Waals surface area (Å²) in [6.45, 7) is -0.229. The number of aliphatic hydroxyl groups is 1. The smallest absolute Gasteiger partial charge is 0.369 e. The van der Waals surface area contributed by atoms with E-state index in [1.807, 2.05) is 0 Å². The lowest BCUT2D eigenvalue weighted by atomic mass is 9.88. The van der Waals surface area contributed by atoms with Gasteiger partial charge in [0, 0.05) is 12.1 Å². The van der Waals surface area contributed by atoms with E-state index in [-0.39, 0.29) is 48.9 Å². The Morgan fingerprint density at radius 3 is 1.88 bits per heavy atom. The number of benzene rings is 2. The summed E-state index contributed by atoms with van der Waals surface area (Å²) >= 11 is 0. The Kier molecular flexibility index (Phi) is 7.17. The van der Waals surface area contributed by atoms with Crippen molar-refractivity contribution in [2.45, 2.75) is 34.0 Å². The molecule has 1 fully saturated rings. The molecule has 2 aromatic rings. The van der Waals surface area contributed by atoms with Crippen LogP contribution in [-0.2, 0) is 20.2 Å². The van der Waals surface area contributed by atoms with Crippen LogP contribution in [0, 0.1) is 11.6 Å². The zero-order valence-corrected chi connectivity index (χ0v) is 17.9. The van der Waals surface area contributed by atoms with Gasteiger partial charge in [-0.15, -0.1) is 12.4 Å². The lowest BCUT2D eigenvalue weighted by Gasteiger charge is -2.34. The fourth-order valence-corrected chi connectivity index (χ4v) is 5.74. The van der Waals surface area contributed by atoms with Gasteiger partial charge in [0.05, 0.1) is 4.90 Å². The summed E-state index contributed by atoms with van der Waals surface area (Å²) in [6, 6.07) is 4.54. The van der Waals surface area contributed by atoms with Crippen LogP contribution in [0.5, 0.6) is 0 Å². The highest BCUT2D eigenvalue weighted by Gasteiger charge is 2.72. The fourth-order valence-electron chi connectivity index (χ4n) is 3.70. The zero-order chi connectivity index (χ0) is 24.2. The first-order chi connectivity index (χ1) is 14.6. The summed E-state index contributed by atoms with van der Waals surface area (Å²) in [7, 11) is -4.39. The van der Waals surface area contributed by atoms with E-state index in [0.29, 0.717) is 6.07 Å². The van der Waals surface area contributed by atoms with Crippen LogP contribution in [0.1, 0.15) is 17.5 Å². The molecule has 33 heavy (non-hydrogen) atoms. The Morgan fingerprint density at radius 2 is 1.45 bits per heavy atom. The van der Waals surface area contributed by atoms with Crippen LogP contribution < -0.4 is 5.32 Å². The Morgan fingerprint density at radius 1 is 0.909 bits per heavy atom. The van der Waals surface area contributed by atoms with Gasteiger partial charge in [-0.1, -0.05) is 12.1 Å². The normalized spacial score (nSPS) is 19.9. The van der Waals surface area contributed by atoms with Gasteiger partial charge in [0.1, 0.15) is 16.4 Å². The fraction of sp³-hybridized carbons (Fsp3) is 0.368. The Hall–Kier alpha value is -1.96. The van der Waals surface area contributed by atoms with E-state index in [4.69, 9.17) is 0 Å². The van der Waals surface area contributed by atoms with Gasteiger partial charge in [0.25, 0.3) is 5.60 Å².